The van der Waals surface area contributed by atoms with Crippen LogP contribution in [0.2, 0.25) is 0 Å². The van der Waals surface area contributed by atoms with Crippen LogP contribution in [0.15, 0.2) is 47.1 Å². The quantitative estimate of drug-likeness (QED) is 0.676. The third kappa shape index (κ3) is 3.95. The molecule has 25 heavy (non-hydrogen) atoms. The molecule has 0 spiro atoms. The summed E-state index contributed by atoms with van der Waals surface area (Å²) in [7, 11) is 3.93. The molecule has 2 heterocycles. The summed E-state index contributed by atoms with van der Waals surface area (Å²) in [5.74, 6) is -0.355. The van der Waals surface area contributed by atoms with Crippen LogP contribution in [0.1, 0.15) is 17.4 Å². The lowest BCUT2D eigenvalue weighted by atomic mass is 10.2. The molecule has 0 radical (unpaired) electrons. The van der Waals surface area contributed by atoms with Crippen molar-refractivity contribution in [2.45, 2.75) is 6.92 Å². The lowest BCUT2D eigenvalue weighted by Gasteiger charge is -2.06. The van der Waals surface area contributed by atoms with E-state index in [1.54, 1.807) is 41.7 Å². The highest BCUT2D eigenvalue weighted by Crippen LogP contribution is 2.28. The van der Waals surface area contributed by atoms with Crippen molar-refractivity contribution in [3.63, 3.8) is 0 Å². The number of cyclic esters (lactones) is 1. The number of ether oxygens (including phenoxy) is 1. The van der Waals surface area contributed by atoms with Crippen molar-refractivity contribution in [3.8, 4) is 0 Å². The average Bonchev–Trinajstić information content (AvgIpc) is 3.16. The fraction of sp³-hybridized carbons (Fsp3) is 0.167. The minimum absolute atomic E-state index is 0.143. The van der Waals surface area contributed by atoms with E-state index in [1.165, 1.54) is 6.92 Å². The summed E-state index contributed by atoms with van der Waals surface area (Å²) >= 11 is 1.57. The molecule has 1 aliphatic heterocycles. The Morgan fingerprint density at radius 3 is 2.52 bits per heavy atom. The molecule has 1 N–H and O–H groups in total. The summed E-state index contributed by atoms with van der Waals surface area (Å²) in [6.07, 6.45) is 1.72. The first-order chi connectivity index (χ1) is 11.9. The molecule has 0 fully saturated rings. The number of hydrogen-bond acceptors (Lipinski definition) is 6. The molecule has 6 nitrogen and oxygen atoms in total. The number of nitrogens with zero attached hydrogens (tertiary/aromatic N) is 2. The zero-order chi connectivity index (χ0) is 18.0. The van der Waals surface area contributed by atoms with Crippen LogP contribution in [-0.4, -0.2) is 31.9 Å². The Morgan fingerprint density at radius 1 is 1.20 bits per heavy atom. The molecule has 0 atom stereocenters. The van der Waals surface area contributed by atoms with Crippen LogP contribution in [0.4, 0.5) is 10.7 Å². The third-order valence-corrected chi connectivity index (χ3v) is 4.61. The molecule has 128 valence electrons. The number of benzene rings is 1. The molecule has 1 aromatic carbocycles. The standard InChI is InChI=1S/C18H17N3O3S/c1-11(22)19-13-6-4-12(5-7-13)17-20-15(18(23)24-17)10-14-8-9-16(25-14)21(2)3/h4-10H,1-3H3,(H,19,22). The first kappa shape index (κ1) is 16.9. The van der Waals surface area contributed by atoms with Gasteiger partial charge >= 0.3 is 5.97 Å². The van der Waals surface area contributed by atoms with Crippen LogP contribution in [0.5, 0.6) is 0 Å². The van der Waals surface area contributed by atoms with Gasteiger partial charge in [-0.1, -0.05) is 0 Å². The van der Waals surface area contributed by atoms with Gasteiger partial charge in [0.15, 0.2) is 5.70 Å². The van der Waals surface area contributed by atoms with E-state index >= 15 is 0 Å². The summed E-state index contributed by atoms with van der Waals surface area (Å²) in [6, 6.07) is 10.9. The number of carbonyl (C=O) groups excluding carboxylic acids is 2. The van der Waals surface area contributed by atoms with Crippen LogP contribution in [0, 0.1) is 0 Å². The van der Waals surface area contributed by atoms with Gasteiger partial charge in [0.05, 0.1) is 5.00 Å². The Kier molecular flexibility index (Phi) is 4.67. The van der Waals surface area contributed by atoms with Gasteiger partial charge in [-0.05, 0) is 42.5 Å². The molecule has 1 amide bonds. The minimum atomic E-state index is -0.472. The SMILES string of the molecule is CC(=O)Nc1ccc(C2=NC(=Cc3ccc(N(C)C)s3)C(=O)O2)cc1. The number of thiophene rings is 1. The molecule has 0 aliphatic carbocycles. The maximum Gasteiger partial charge on any atom is 0.363 e. The van der Waals surface area contributed by atoms with Gasteiger partial charge < -0.3 is 15.0 Å². The second-order valence-corrected chi connectivity index (χ2v) is 6.76. The number of carbonyl (C=O) groups is 2. The topological polar surface area (TPSA) is 71.0 Å². The largest absolute Gasteiger partial charge is 0.402 e. The van der Waals surface area contributed by atoms with E-state index in [9.17, 15) is 9.59 Å². The predicted molar refractivity (Wildman–Crippen MR) is 100.0 cm³/mol. The van der Waals surface area contributed by atoms with Gasteiger partial charge in [-0.25, -0.2) is 9.79 Å². The number of amides is 1. The summed E-state index contributed by atoms with van der Waals surface area (Å²) < 4.78 is 5.26. The van der Waals surface area contributed by atoms with E-state index in [0.29, 0.717) is 11.3 Å². The number of esters is 1. The Labute approximate surface area is 149 Å². The molecule has 0 saturated heterocycles. The molecule has 3 rings (SSSR count). The summed E-state index contributed by atoms with van der Waals surface area (Å²) in [6.45, 7) is 1.44. The van der Waals surface area contributed by atoms with Crippen molar-refractivity contribution in [2.24, 2.45) is 4.99 Å². The minimum Gasteiger partial charge on any atom is -0.402 e. The summed E-state index contributed by atoms with van der Waals surface area (Å²) in [5.41, 5.74) is 1.62. The van der Waals surface area contributed by atoms with Crippen LogP contribution < -0.4 is 10.2 Å². The van der Waals surface area contributed by atoms with Crippen molar-refractivity contribution in [1.29, 1.82) is 0 Å². The smallest absolute Gasteiger partial charge is 0.363 e. The maximum atomic E-state index is 12.0. The van der Waals surface area contributed by atoms with Crippen molar-refractivity contribution < 1.29 is 14.3 Å². The van der Waals surface area contributed by atoms with Crippen molar-refractivity contribution in [2.75, 3.05) is 24.3 Å². The zero-order valence-corrected chi connectivity index (χ0v) is 14.9. The Hall–Kier alpha value is -2.93. The van der Waals surface area contributed by atoms with Gasteiger partial charge in [0, 0.05) is 37.1 Å². The second kappa shape index (κ2) is 6.90. The monoisotopic (exact) mass is 355 g/mol. The van der Waals surface area contributed by atoms with Gasteiger partial charge in [0.1, 0.15) is 0 Å². The van der Waals surface area contributed by atoms with Gasteiger partial charge in [-0.15, -0.1) is 11.3 Å². The first-order valence-corrected chi connectivity index (χ1v) is 8.42. The predicted octanol–water partition coefficient (Wildman–Crippen LogP) is 3.12. The van der Waals surface area contributed by atoms with Crippen LogP contribution >= 0.6 is 11.3 Å². The molecule has 1 aliphatic rings. The van der Waals surface area contributed by atoms with Crippen molar-refractivity contribution in [1.82, 2.24) is 0 Å². The van der Waals surface area contributed by atoms with Crippen LogP contribution in [0.3, 0.4) is 0 Å². The Bertz CT molecular complexity index is 879. The fourth-order valence-corrected chi connectivity index (χ4v) is 3.09. The van der Waals surface area contributed by atoms with Gasteiger partial charge in [0.25, 0.3) is 0 Å². The maximum absolute atomic E-state index is 12.0. The van der Waals surface area contributed by atoms with E-state index < -0.39 is 5.97 Å². The molecular weight excluding hydrogens is 338 g/mol. The first-order valence-electron chi connectivity index (χ1n) is 7.60. The van der Waals surface area contributed by atoms with E-state index in [-0.39, 0.29) is 17.5 Å². The van der Waals surface area contributed by atoms with E-state index in [0.717, 1.165) is 9.88 Å². The second-order valence-electron chi connectivity index (χ2n) is 5.67. The fourth-order valence-electron chi connectivity index (χ4n) is 2.23. The molecule has 2 aromatic rings. The Balaban J connectivity index is 1.81. The van der Waals surface area contributed by atoms with Crippen molar-refractivity contribution >= 4 is 45.9 Å². The van der Waals surface area contributed by atoms with Gasteiger partial charge in [-0.2, -0.15) is 0 Å². The van der Waals surface area contributed by atoms with Gasteiger partial charge in [0.2, 0.25) is 11.8 Å². The number of hydrogen-bond donors (Lipinski definition) is 1. The van der Waals surface area contributed by atoms with E-state index in [1.807, 2.05) is 31.1 Å². The van der Waals surface area contributed by atoms with Gasteiger partial charge in [-0.3, -0.25) is 4.79 Å². The van der Waals surface area contributed by atoms with E-state index in [4.69, 9.17) is 4.74 Å². The molecular formula is C18H17N3O3S. The highest BCUT2D eigenvalue weighted by atomic mass is 32.1. The number of aliphatic imine (C=N–C) groups is 1. The molecule has 0 saturated carbocycles. The third-order valence-electron chi connectivity index (χ3n) is 3.41. The summed E-state index contributed by atoms with van der Waals surface area (Å²) in [4.78, 5) is 30.3. The molecule has 1 aromatic heterocycles. The average molecular weight is 355 g/mol. The lowest BCUT2D eigenvalue weighted by molar-refractivity contribution is -0.129. The van der Waals surface area contributed by atoms with Crippen LogP contribution in [-0.2, 0) is 14.3 Å². The highest BCUT2D eigenvalue weighted by Gasteiger charge is 2.24. The van der Waals surface area contributed by atoms with Crippen LogP contribution in [0.25, 0.3) is 6.08 Å². The number of anilines is 2. The Morgan fingerprint density at radius 2 is 1.92 bits per heavy atom. The molecule has 7 heteroatoms. The highest BCUT2D eigenvalue weighted by molar-refractivity contribution is 7.16. The lowest BCUT2D eigenvalue weighted by Crippen LogP contribution is -2.07. The normalized spacial score (nSPS) is 15.1. The number of rotatable bonds is 4. The summed E-state index contributed by atoms with van der Waals surface area (Å²) in [5, 5.41) is 3.78. The zero-order valence-electron chi connectivity index (χ0n) is 14.1. The van der Waals surface area contributed by atoms with Crippen molar-refractivity contribution in [3.05, 3.63) is 52.5 Å². The number of nitrogens with one attached hydrogen (secondary N) is 1. The molecule has 0 bridgehead atoms. The molecule has 0 unspecified atom stereocenters. The van der Waals surface area contributed by atoms with E-state index in [2.05, 4.69) is 10.3 Å².